The summed E-state index contributed by atoms with van der Waals surface area (Å²) in [5.74, 6) is 2.08. The molecule has 2 N–H and O–H groups in total. The average Bonchev–Trinajstić information content (AvgIpc) is 3.22. The predicted octanol–water partition coefficient (Wildman–Crippen LogP) is 0.616. The highest BCUT2D eigenvalue weighted by Gasteiger charge is 2.37. The summed E-state index contributed by atoms with van der Waals surface area (Å²) >= 11 is 1.50. The number of rotatable bonds is 5. The van der Waals surface area contributed by atoms with Crippen LogP contribution in [0.2, 0.25) is 0 Å². The van der Waals surface area contributed by atoms with Crippen molar-refractivity contribution in [1.29, 1.82) is 0 Å². The van der Waals surface area contributed by atoms with E-state index in [1.165, 1.54) is 11.8 Å². The maximum absolute atomic E-state index is 12.1. The fraction of sp³-hybridized carbons (Fsp3) is 0.714. The second-order valence-corrected chi connectivity index (χ2v) is 7.85. The van der Waals surface area contributed by atoms with Crippen LogP contribution in [0.25, 0.3) is 0 Å². The van der Waals surface area contributed by atoms with Crippen LogP contribution in [0.5, 0.6) is 0 Å². The van der Waals surface area contributed by atoms with E-state index in [1.54, 1.807) is 0 Å². The third-order valence-corrected chi connectivity index (χ3v) is 5.24. The van der Waals surface area contributed by atoms with Gasteiger partial charge in [0.2, 0.25) is 17.7 Å². The van der Waals surface area contributed by atoms with Crippen LogP contribution in [-0.4, -0.2) is 45.0 Å². The molecular weight excluding hydrogens is 304 g/mol. The number of aromatic nitrogens is 2. The summed E-state index contributed by atoms with van der Waals surface area (Å²) in [5, 5.41) is 9.48. The van der Waals surface area contributed by atoms with Crippen LogP contribution in [0.4, 0.5) is 0 Å². The van der Waals surface area contributed by atoms with Crippen molar-refractivity contribution in [2.24, 2.45) is 0 Å². The molecule has 8 heteroatoms. The Kier molecular flexibility index (Phi) is 4.12. The van der Waals surface area contributed by atoms with Gasteiger partial charge in [0, 0.05) is 24.6 Å². The monoisotopic (exact) mass is 324 g/mol. The molecule has 2 fully saturated rings. The topological polar surface area (TPSA) is 97.1 Å². The quantitative estimate of drug-likeness (QED) is 0.824. The number of amides is 2. The summed E-state index contributed by atoms with van der Waals surface area (Å²) in [7, 11) is 0. The van der Waals surface area contributed by atoms with Crippen molar-refractivity contribution in [3.05, 3.63) is 11.7 Å². The minimum Gasteiger partial charge on any atom is -0.354 e. The SMILES string of the molecule is CC1(C)SCC(C(=O)NCCc2noc(C3CC3)n2)NC1=O. The second-order valence-electron chi connectivity index (χ2n) is 6.21. The lowest BCUT2D eigenvalue weighted by Crippen LogP contribution is -2.57. The van der Waals surface area contributed by atoms with Gasteiger partial charge in [0.1, 0.15) is 6.04 Å². The molecule has 1 aliphatic heterocycles. The van der Waals surface area contributed by atoms with E-state index >= 15 is 0 Å². The van der Waals surface area contributed by atoms with Crippen molar-refractivity contribution < 1.29 is 14.1 Å². The van der Waals surface area contributed by atoms with Crippen molar-refractivity contribution in [3.63, 3.8) is 0 Å². The summed E-state index contributed by atoms with van der Waals surface area (Å²) in [5.41, 5.74) is 0. The molecule has 1 aromatic heterocycles. The molecule has 1 unspecified atom stereocenters. The Bertz CT molecular complexity index is 582. The molecule has 1 saturated carbocycles. The van der Waals surface area contributed by atoms with E-state index in [0.717, 1.165) is 12.8 Å². The normalized spacial score (nSPS) is 23.9. The number of thioether (sulfide) groups is 1. The summed E-state index contributed by atoms with van der Waals surface area (Å²) in [6.45, 7) is 4.15. The lowest BCUT2D eigenvalue weighted by Gasteiger charge is -2.32. The van der Waals surface area contributed by atoms with Crippen LogP contribution in [0, 0.1) is 0 Å². The lowest BCUT2D eigenvalue weighted by atomic mass is 10.1. The fourth-order valence-corrected chi connectivity index (χ4v) is 3.17. The Morgan fingerprint density at radius 1 is 1.50 bits per heavy atom. The molecule has 0 radical (unpaired) electrons. The van der Waals surface area contributed by atoms with E-state index in [9.17, 15) is 9.59 Å². The lowest BCUT2D eigenvalue weighted by molar-refractivity contribution is -0.129. The van der Waals surface area contributed by atoms with Gasteiger partial charge in [-0.15, -0.1) is 11.8 Å². The summed E-state index contributed by atoms with van der Waals surface area (Å²) in [4.78, 5) is 28.2. The average molecular weight is 324 g/mol. The van der Waals surface area contributed by atoms with Crippen LogP contribution in [0.1, 0.15) is 44.3 Å². The highest BCUT2D eigenvalue weighted by molar-refractivity contribution is 8.01. The largest absolute Gasteiger partial charge is 0.354 e. The van der Waals surface area contributed by atoms with Gasteiger partial charge in [0.15, 0.2) is 5.82 Å². The van der Waals surface area contributed by atoms with Gasteiger partial charge in [-0.2, -0.15) is 4.98 Å². The van der Waals surface area contributed by atoms with Gasteiger partial charge in [-0.3, -0.25) is 9.59 Å². The van der Waals surface area contributed by atoms with Gasteiger partial charge >= 0.3 is 0 Å². The van der Waals surface area contributed by atoms with Crippen LogP contribution in [-0.2, 0) is 16.0 Å². The van der Waals surface area contributed by atoms with Crippen LogP contribution < -0.4 is 10.6 Å². The van der Waals surface area contributed by atoms with Crippen molar-refractivity contribution in [3.8, 4) is 0 Å². The number of hydrogen-bond donors (Lipinski definition) is 2. The summed E-state index contributed by atoms with van der Waals surface area (Å²) in [6, 6.07) is -0.474. The highest BCUT2D eigenvalue weighted by atomic mass is 32.2. The smallest absolute Gasteiger partial charge is 0.243 e. The molecule has 1 saturated heterocycles. The van der Waals surface area contributed by atoms with Gasteiger partial charge in [0.05, 0.1) is 4.75 Å². The molecule has 120 valence electrons. The van der Waals surface area contributed by atoms with E-state index in [0.29, 0.717) is 36.4 Å². The molecule has 1 atom stereocenters. The Morgan fingerprint density at radius 2 is 2.27 bits per heavy atom. The van der Waals surface area contributed by atoms with E-state index < -0.39 is 10.8 Å². The van der Waals surface area contributed by atoms with Gasteiger partial charge in [-0.25, -0.2) is 0 Å². The van der Waals surface area contributed by atoms with E-state index in [2.05, 4.69) is 20.8 Å². The zero-order chi connectivity index (χ0) is 15.7. The first-order valence-corrected chi connectivity index (χ1v) is 8.49. The molecule has 22 heavy (non-hydrogen) atoms. The highest BCUT2D eigenvalue weighted by Crippen LogP contribution is 2.38. The van der Waals surface area contributed by atoms with Crippen LogP contribution >= 0.6 is 11.8 Å². The van der Waals surface area contributed by atoms with Crippen molar-refractivity contribution in [2.45, 2.75) is 49.8 Å². The first-order valence-electron chi connectivity index (χ1n) is 7.51. The molecule has 2 amide bonds. The van der Waals surface area contributed by atoms with E-state index in [4.69, 9.17) is 4.52 Å². The first-order chi connectivity index (χ1) is 10.5. The second kappa shape index (κ2) is 5.91. The van der Waals surface area contributed by atoms with Gasteiger partial charge < -0.3 is 15.2 Å². The van der Waals surface area contributed by atoms with Crippen molar-refractivity contribution in [2.75, 3.05) is 12.3 Å². The predicted molar refractivity (Wildman–Crippen MR) is 81.5 cm³/mol. The Balaban J connectivity index is 1.43. The molecule has 3 rings (SSSR count). The third-order valence-electron chi connectivity index (χ3n) is 3.84. The standard InChI is InChI=1S/C14H20N4O3S/c1-14(2)13(20)16-9(7-22-14)11(19)15-6-5-10-17-12(21-18-10)8-3-4-8/h8-9H,3-7H2,1-2H3,(H,15,19)(H,16,20). The van der Waals surface area contributed by atoms with E-state index in [-0.39, 0.29) is 11.8 Å². The number of nitrogens with one attached hydrogen (secondary N) is 2. The van der Waals surface area contributed by atoms with Crippen molar-refractivity contribution in [1.82, 2.24) is 20.8 Å². The van der Waals surface area contributed by atoms with Gasteiger partial charge in [0.25, 0.3) is 0 Å². The minimum atomic E-state index is -0.474. The molecule has 0 aromatic carbocycles. The summed E-state index contributed by atoms with van der Waals surface area (Å²) in [6.07, 6.45) is 2.77. The maximum Gasteiger partial charge on any atom is 0.243 e. The van der Waals surface area contributed by atoms with Gasteiger partial charge in [-0.05, 0) is 26.7 Å². The zero-order valence-electron chi connectivity index (χ0n) is 12.7. The van der Waals surface area contributed by atoms with Crippen LogP contribution in [0.15, 0.2) is 4.52 Å². The van der Waals surface area contributed by atoms with Crippen LogP contribution in [0.3, 0.4) is 0 Å². The number of nitrogens with zero attached hydrogens (tertiary/aromatic N) is 2. The van der Waals surface area contributed by atoms with E-state index in [1.807, 2.05) is 13.8 Å². The molecule has 1 aliphatic carbocycles. The molecule has 0 spiro atoms. The molecule has 2 heterocycles. The fourth-order valence-electron chi connectivity index (χ4n) is 2.16. The molecular formula is C14H20N4O3S. The molecule has 1 aromatic rings. The number of carbonyl (C=O) groups is 2. The number of hydrogen-bond acceptors (Lipinski definition) is 6. The Morgan fingerprint density at radius 3 is 2.95 bits per heavy atom. The maximum atomic E-state index is 12.1. The molecule has 2 aliphatic rings. The Labute approximate surface area is 133 Å². The van der Waals surface area contributed by atoms with Gasteiger partial charge in [-0.1, -0.05) is 5.16 Å². The molecule has 7 nitrogen and oxygen atoms in total. The minimum absolute atomic E-state index is 0.101. The summed E-state index contributed by atoms with van der Waals surface area (Å²) < 4.78 is 4.69. The third kappa shape index (κ3) is 3.43. The first kappa shape index (κ1) is 15.3. The molecule has 0 bridgehead atoms. The Hall–Kier alpha value is -1.57. The van der Waals surface area contributed by atoms with Crippen molar-refractivity contribution >= 4 is 23.6 Å². The number of carbonyl (C=O) groups excluding carboxylic acids is 2. The zero-order valence-corrected chi connectivity index (χ0v) is 13.5.